The van der Waals surface area contributed by atoms with E-state index in [2.05, 4.69) is 5.32 Å². The first-order valence-corrected chi connectivity index (χ1v) is 7.35. The number of hydrogen-bond donors (Lipinski definition) is 1. The molecular formula is C15H22ClNO. The highest BCUT2D eigenvalue weighted by molar-refractivity contribution is 6.21. The van der Waals surface area contributed by atoms with Gasteiger partial charge in [-0.3, -0.25) is 0 Å². The third-order valence-electron chi connectivity index (χ3n) is 3.42. The fourth-order valence-electron chi connectivity index (χ4n) is 2.38. The molecule has 2 atom stereocenters. The lowest BCUT2D eigenvalue weighted by Gasteiger charge is -2.28. The molecule has 1 aromatic rings. The predicted molar refractivity (Wildman–Crippen MR) is 76.5 cm³/mol. The van der Waals surface area contributed by atoms with E-state index in [0.29, 0.717) is 11.4 Å². The van der Waals surface area contributed by atoms with Crippen molar-refractivity contribution in [1.82, 2.24) is 5.32 Å². The number of rotatable bonds is 6. The molecule has 2 unspecified atom stereocenters. The summed E-state index contributed by atoms with van der Waals surface area (Å²) in [4.78, 5) is 0. The predicted octanol–water partition coefficient (Wildman–Crippen LogP) is 3.60. The van der Waals surface area contributed by atoms with Crippen molar-refractivity contribution in [1.29, 1.82) is 0 Å². The Kier molecular flexibility index (Phi) is 5.82. The van der Waals surface area contributed by atoms with Gasteiger partial charge in [-0.05, 0) is 37.9 Å². The molecule has 0 radical (unpaired) electrons. The number of para-hydroxylation sites is 1. The standard InChI is InChI=1S/C15H22ClNO/c16-14-9-4-5-10-15(14)17-11-6-12-18-13-7-2-1-3-8-13/h1-3,7-8,14-15,17H,4-6,9-12H2. The molecule has 18 heavy (non-hydrogen) atoms. The third kappa shape index (κ3) is 4.51. The van der Waals surface area contributed by atoms with Crippen LogP contribution >= 0.6 is 11.6 Å². The number of ether oxygens (including phenoxy) is 1. The lowest BCUT2D eigenvalue weighted by atomic mass is 9.95. The van der Waals surface area contributed by atoms with Crippen molar-refractivity contribution >= 4 is 11.6 Å². The fourth-order valence-corrected chi connectivity index (χ4v) is 2.75. The molecule has 1 fully saturated rings. The Morgan fingerprint density at radius 1 is 1.17 bits per heavy atom. The second-order valence-electron chi connectivity index (χ2n) is 4.88. The number of nitrogens with one attached hydrogen (secondary N) is 1. The second-order valence-corrected chi connectivity index (χ2v) is 5.44. The molecule has 3 heteroatoms. The van der Waals surface area contributed by atoms with Crippen LogP contribution in [0, 0.1) is 0 Å². The Morgan fingerprint density at radius 2 is 1.94 bits per heavy atom. The number of benzene rings is 1. The summed E-state index contributed by atoms with van der Waals surface area (Å²) in [6.45, 7) is 1.75. The maximum atomic E-state index is 6.30. The molecular weight excluding hydrogens is 246 g/mol. The molecule has 1 N–H and O–H groups in total. The summed E-state index contributed by atoms with van der Waals surface area (Å²) in [6.07, 6.45) is 5.98. The molecule has 100 valence electrons. The molecule has 0 saturated heterocycles. The van der Waals surface area contributed by atoms with Gasteiger partial charge in [0.15, 0.2) is 0 Å². The zero-order valence-corrected chi connectivity index (χ0v) is 11.5. The SMILES string of the molecule is ClC1CCCCC1NCCCOc1ccccc1. The second kappa shape index (κ2) is 7.65. The van der Waals surface area contributed by atoms with Crippen LogP contribution < -0.4 is 10.1 Å². The first-order valence-electron chi connectivity index (χ1n) is 6.91. The minimum atomic E-state index is 0.314. The largest absolute Gasteiger partial charge is 0.494 e. The van der Waals surface area contributed by atoms with Gasteiger partial charge in [-0.2, -0.15) is 0 Å². The van der Waals surface area contributed by atoms with Crippen LogP contribution in [0.5, 0.6) is 5.75 Å². The Hall–Kier alpha value is -0.730. The van der Waals surface area contributed by atoms with Crippen molar-refractivity contribution in [2.45, 2.75) is 43.5 Å². The van der Waals surface area contributed by atoms with Gasteiger partial charge in [-0.1, -0.05) is 31.0 Å². The van der Waals surface area contributed by atoms with E-state index in [9.17, 15) is 0 Å². The lowest BCUT2D eigenvalue weighted by Crippen LogP contribution is -2.40. The summed E-state index contributed by atoms with van der Waals surface area (Å²) in [5.74, 6) is 0.949. The van der Waals surface area contributed by atoms with Gasteiger partial charge < -0.3 is 10.1 Å². The molecule has 1 aliphatic carbocycles. The van der Waals surface area contributed by atoms with E-state index in [1.807, 2.05) is 30.3 Å². The highest BCUT2D eigenvalue weighted by Crippen LogP contribution is 2.22. The summed E-state index contributed by atoms with van der Waals surface area (Å²) < 4.78 is 5.65. The highest BCUT2D eigenvalue weighted by atomic mass is 35.5. The van der Waals surface area contributed by atoms with Crippen LogP contribution in [0.3, 0.4) is 0 Å². The summed E-state index contributed by atoms with van der Waals surface area (Å²) in [5, 5.41) is 3.86. The van der Waals surface area contributed by atoms with Crippen LogP contribution in [0.15, 0.2) is 30.3 Å². The molecule has 2 nitrogen and oxygen atoms in total. The van der Waals surface area contributed by atoms with E-state index in [1.54, 1.807) is 0 Å². The Labute approximate surface area is 115 Å². The van der Waals surface area contributed by atoms with E-state index >= 15 is 0 Å². The zero-order chi connectivity index (χ0) is 12.6. The third-order valence-corrected chi connectivity index (χ3v) is 3.94. The summed E-state index contributed by atoms with van der Waals surface area (Å²) in [7, 11) is 0. The lowest BCUT2D eigenvalue weighted by molar-refractivity contribution is 0.298. The summed E-state index contributed by atoms with van der Waals surface area (Å²) in [6, 6.07) is 10.5. The average Bonchev–Trinajstić information content (AvgIpc) is 2.42. The van der Waals surface area contributed by atoms with Crippen molar-refractivity contribution in [3.05, 3.63) is 30.3 Å². The molecule has 1 saturated carbocycles. The van der Waals surface area contributed by atoms with Gasteiger partial charge in [0, 0.05) is 11.4 Å². The van der Waals surface area contributed by atoms with Gasteiger partial charge in [-0.15, -0.1) is 11.6 Å². The van der Waals surface area contributed by atoms with Crippen LogP contribution in [0.25, 0.3) is 0 Å². The van der Waals surface area contributed by atoms with E-state index in [1.165, 1.54) is 19.3 Å². The van der Waals surface area contributed by atoms with Gasteiger partial charge in [0.1, 0.15) is 5.75 Å². The van der Waals surface area contributed by atoms with E-state index in [4.69, 9.17) is 16.3 Å². The molecule has 0 heterocycles. The maximum Gasteiger partial charge on any atom is 0.119 e. The Balaban J connectivity index is 1.56. The van der Waals surface area contributed by atoms with Crippen molar-refractivity contribution in [3.8, 4) is 5.75 Å². The normalized spacial score (nSPS) is 23.8. The van der Waals surface area contributed by atoms with Crippen molar-refractivity contribution < 1.29 is 4.74 Å². The molecule has 0 bridgehead atoms. The Morgan fingerprint density at radius 3 is 2.72 bits per heavy atom. The molecule has 1 aliphatic rings. The molecule has 0 aliphatic heterocycles. The van der Waals surface area contributed by atoms with Crippen LogP contribution in [0.4, 0.5) is 0 Å². The van der Waals surface area contributed by atoms with Gasteiger partial charge in [0.05, 0.1) is 6.61 Å². The van der Waals surface area contributed by atoms with Crippen molar-refractivity contribution in [2.24, 2.45) is 0 Å². The quantitative estimate of drug-likeness (QED) is 0.628. The molecule has 0 spiro atoms. The van der Waals surface area contributed by atoms with Crippen molar-refractivity contribution in [3.63, 3.8) is 0 Å². The topological polar surface area (TPSA) is 21.3 Å². The highest BCUT2D eigenvalue weighted by Gasteiger charge is 2.21. The first-order chi connectivity index (χ1) is 8.86. The van der Waals surface area contributed by atoms with Crippen LogP contribution in [0.1, 0.15) is 32.1 Å². The number of alkyl halides is 1. The monoisotopic (exact) mass is 267 g/mol. The number of hydrogen-bond acceptors (Lipinski definition) is 2. The smallest absolute Gasteiger partial charge is 0.119 e. The summed E-state index contributed by atoms with van der Waals surface area (Å²) >= 11 is 6.30. The van der Waals surface area contributed by atoms with Crippen LogP contribution in [-0.4, -0.2) is 24.6 Å². The van der Waals surface area contributed by atoms with E-state index in [-0.39, 0.29) is 0 Å². The zero-order valence-electron chi connectivity index (χ0n) is 10.8. The summed E-state index contributed by atoms with van der Waals surface area (Å²) in [5.41, 5.74) is 0. The van der Waals surface area contributed by atoms with Gasteiger partial charge in [0.25, 0.3) is 0 Å². The fraction of sp³-hybridized carbons (Fsp3) is 0.600. The van der Waals surface area contributed by atoms with Gasteiger partial charge in [-0.25, -0.2) is 0 Å². The van der Waals surface area contributed by atoms with E-state index < -0.39 is 0 Å². The average molecular weight is 268 g/mol. The van der Waals surface area contributed by atoms with Crippen molar-refractivity contribution in [2.75, 3.05) is 13.2 Å². The molecule has 0 aromatic heterocycles. The minimum Gasteiger partial charge on any atom is -0.494 e. The van der Waals surface area contributed by atoms with Crippen LogP contribution in [0.2, 0.25) is 0 Å². The van der Waals surface area contributed by atoms with Crippen LogP contribution in [-0.2, 0) is 0 Å². The number of halogens is 1. The minimum absolute atomic E-state index is 0.314. The van der Waals surface area contributed by atoms with Gasteiger partial charge >= 0.3 is 0 Å². The Bertz CT molecular complexity index is 331. The van der Waals surface area contributed by atoms with Gasteiger partial charge in [0.2, 0.25) is 0 Å². The molecule has 1 aromatic carbocycles. The molecule has 2 rings (SSSR count). The first kappa shape index (κ1) is 13.7. The van der Waals surface area contributed by atoms with E-state index in [0.717, 1.165) is 31.7 Å². The maximum absolute atomic E-state index is 6.30. The molecule has 0 amide bonds.